The van der Waals surface area contributed by atoms with Crippen LogP contribution < -0.4 is 11.1 Å². The van der Waals surface area contributed by atoms with E-state index in [4.69, 9.17) is 10.9 Å². The fourth-order valence-electron chi connectivity index (χ4n) is 2.22. The molecule has 1 fully saturated rings. The number of carbonyl (C=O) groups excluding carboxylic acids is 1. The Morgan fingerprint density at radius 3 is 2.48 bits per heavy atom. The molecular weight excluding hydrogens is 294 g/mol. The Hall–Kier alpha value is -2.09. The van der Waals surface area contributed by atoms with E-state index in [0.717, 1.165) is 0 Å². The Bertz CT molecular complexity index is 652. The lowest BCUT2D eigenvalue weighted by molar-refractivity contribution is 0.0948. The Balaban J connectivity index is 1.92. The number of carbonyl (C=O) groups is 1. The maximum Gasteiger partial charge on any atom is 0.251 e. The highest BCUT2D eigenvalue weighted by Gasteiger charge is 2.27. The quantitative estimate of drug-likeness (QED) is 0.311. The fourth-order valence-corrected chi connectivity index (χ4v) is 4.08. The minimum atomic E-state index is -2.93. The average Bonchev–Trinajstić information content (AvgIpc) is 2.83. The molecule has 1 saturated heterocycles. The molecule has 1 aromatic carbocycles. The van der Waals surface area contributed by atoms with Crippen LogP contribution in [0, 0.1) is 5.92 Å². The van der Waals surface area contributed by atoms with Crippen molar-refractivity contribution >= 4 is 21.6 Å². The number of rotatable bonds is 4. The number of amidine groups is 1. The van der Waals surface area contributed by atoms with Crippen LogP contribution >= 0.6 is 0 Å². The first-order valence-corrected chi connectivity index (χ1v) is 8.30. The van der Waals surface area contributed by atoms with E-state index in [-0.39, 0.29) is 29.2 Å². The van der Waals surface area contributed by atoms with Gasteiger partial charge in [0.2, 0.25) is 0 Å². The van der Waals surface area contributed by atoms with Gasteiger partial charge in [-0.3, -0.25) is 4.79 Å². The van der Waals surface area contributed by atoms with Gasteiger partial charge in [0.15, 0.2) is 15.7 Å². The van der Waals surface area contributed by atoms with E-state index in [9.17, 15) is 13.2 Å². The zero-order chi connectivity index (χ0) is 15.5. The summed E-state index contributed by atoms with van der Waals surface area (Å²) in [6.45, 7) is 0.347. The molecule has 2 rings (SSSR count). The van der Waals surface area contributed by atoms with Crippen LogP contribution in [0.5, 0.6) is 0 Å². The minimum absolute atomic E-state index is 0.0182. The van der Waals surface area contributed by atoms with Crippen LogP contribution in [0.25, 0.3) is 0 Å². The highest BCUT2D eigenvalue weighted by Crippen LogP contribution is 2.17. The summed E-state index contributed by atoms with van der Waals surface area (Å²) in [6, 6.07) is 6.27. The lowest BCUT2D eigenvalue weighted by atomic mass is 10.1. The van der Waals surface area contributed by atoms with Gasteiger partial charge >= 0.3 is 0 Å². The van der Waals surface area contributed by atoms with E-state index < -0.39 is 9.84 Å². The van der Waals surface area contributed by atoms with Gasteiger partial charge in [-0.15, -0.1) is 0 Å². The molecule has 4 N–H and O–H groups in total. The normalized spacial score (nSPS) is 21.1. The number of nitrogens with two attached hydrogens (primary N) is 1. The molecule has 0 aliphatic carbocycles. The number of benzene rings is 1. The SMILES string of the molecule is NC(=NO)c1ccc(C(=O)NCC2CCS(=O)(=O)C2)cc1. The number of hydrogen-bond acceptors (Lipinski definition) is 5. The van der Waals surface area contributed by atoms with Gasteiger partial charge in [0, 0.05) is 17.7 Å². The molecule has 0 aromatic heterocycles. The van der Waals surface area contributed by atoms with Gasteiger partial charge in [0.05, 0.1) is 11.5 Å². The first-order valence-electron chi connectivity index (χ1n) is 6.48. The van der Waals surface area contributed by atoms with E-state index in [2.05, 4.69) is 10.5 Å². The van der Waals surface area contributed by atoms with Crippen LogP contribution in [0.2, 0.25) is 0 Å². The van der Waals surface area contributed by atoms with Gasteiger partial charge in [-0.25, -0.2) is 8.42 Å². The summed E-state index contributed by atoms with van der Waals surface area (Å²) in [7, 11) is -2.93. The van der Waals surface area contributed by atoms with E-state index in [1.807, 2.05) is 0 Å². The van der Waals surface area contributed by atoms with E-state index >= 15 is 0 Å². The summed E-state index contributed by atoms with van der Waals surface area (Å²) >= 11 is 0. The monoisotopic (exact) mass is 311 g/mol. The molecule has 21 heavy (non-hydrogen) atoms. The highest BCUT2D eigenvalue weighted by atomic mass is 32.2. The van der Waals surface area contributed by atoms with Crippen LogP contribution in [0.4, 0.5) is 0 Å². The molecule has 1 atom stereocenters. The van der Waals surface area contributed by atoms with Crippen LogP contribution in [-0.4, -0.2) is 43.4 Å². The summed E-state index contributed by atoms with van der Waals surface area (Å²) in [4.78, 5) is 11.9. The second-order valence-electron chi connectivity index (χ2n) is 5.04. The van der Waals surface area contributed by atoms with Crippen molar-refractivity contribution in [1.82, 2.24) is 5.32 Å². The lowest BCUT2D eigenvalue weighted by Crippen LogP contribution is -2.29. The van der Waals surface area contributed by atoms with Crippen LogP contribution in [0.3, 0.4) is 0 Å². The molecule has 0 bridgehead atoms. The Morgan fingerprint density at radius 2 is 1.95 bits per heavy atom. The third-order valence-corrected chi connectivity index (χ3v) is 5.27. The average molecular weight is 311 g/mol. The smallest absolute Gasteiger partial charge is 0.251 e. The predicted molar refractivity (Wildman–Crippen MR) is 78.0 cm³/mol. The van der Waals surface area contributed by atoms with E-state index in [1.54, 1.807) is 24.3 Å². The predicted octanol–water partition coefficient (Wildman–Crippen LogP) is -0.0544. The Labute approximate surface area is 122 Å². The van der Waals surface area contributed by atoms with Crippen molar-refractivity contribution < 1.29 is 18.4 Å². The van der Waals surface area contributed by atoms with Crippen LogP contribution in [0.15, 0.2) is 29.4 Å². The topological polar surface area (TPSA) is 122 Å². The van der Waals surface area contributed by atoms with Gasteiger partial charge in [0.1, 0.15) is 0 Å². The van der Waals surface area contributed by atoms with Crippen molar-refractivity contribution in [1.29, 1.82) is 0 Å². The molecule has 1 aliphatic rings. The third kappa shape index (κ3) is 3.94. The summed E-state index contributed by atoms with van der Waals surface area (Å²) in [6.07, 6.45) is 0.588. The number of oxime groups is 1. The molecule has 8 heteroatoms. The van der Waals surface area contributed by atoms with Gasteiger partial charge in [0.25, 0.3) is 5.91 Å². The van der Waals surface area contributed by atoms with Crippen molar-refractivity contribution in [2.45, 2.75) is 6.42 Å². The fraction of sp³-hybridized carbons (Fsp3) is 0.385. The molecular formula is C13H17N3O4S. The Morgan fingerprint density at radius 1 is 1.33 bits per heavy atom. The summed E-state index contributed by atoms with van der Waals surface area (Å²) in [5.41, 5.74) is 6.38. The van der Waals surface area contributed by atoms with E-state index in [0.29, 0.717) is 24.1 Å². The van der Waals surface area contributed by atoms with Crippen LogP contribution in [-0.2, 0) is 9.84 Å². The molecule has 0 spiro atoms. The molecule has 7 nitrogen and oxygen atoms in total. The van der Waals surface area contributed by atoms with Crippen molar-refractivity contribution in [2.24, 2.45) is 16.8 Å². The number of nitrogens with one attached hydrogen (secondary N) is 1. The number of hydrogen-bond donors (Lipinski definition) is 3. The zero-order valence-corrected chi connectivity index (χ0v) is 12.1. The number of sulfone groups is 1. The summed E-state index contributed by atoms with van der Waals surface area (Å²) in [5.74, 6) is 0.0106. The molecule has 0 saturated carbocycles. The zero-order valence-electron chi connectivity index (χ0n) is 11.3. The van der Waals surface area contributed by atoms with Crippen molar-refractivity contribution in [3.8, 4) is 0 Å². The lowest BCUT2D eigenvalue weighted by Gasteiger charge is -2.10. The maximum absolute atomic E-state index is 11.9. The Kier molecular flexibility index (Phi) is 4.46. The first-order chi connectivity index (χ1) is 9.91. The molecule has 1 heterocycles. The molecule has 1 amide bonds. The number of nitrogens with zero attached hydrogens (tertiary/aromatic N) is 1. The molecule has 1 aliphatic heterocycles. The summed E-state index contributed by atoms with van der Waals surface area (Å²) < 4.78 is 22.7. The van der Waals surface area contributed by atoms with Crippen molar-refractivity contribution in [3.05, 3.63) is 35.4 Å². The van der Waals surface area contributed by atoms with E-state index in [1.165, 1.54) is 0 Å². The second kappa shape index (κ2) is 6.13. The van der Waals surface area contributed by atoms with Gasteiger partial charge < -0.3 is 16.3 Å². The summed E-state index contributed by atoms with van der Waals surface area (Å²) in [5, 5.41) is 14.1. The minimum Gasteiger partial charge on any atom is -0.409 e. The highest BCUT2D eigenvalue weighted by molar-refractivity contribution is 7.91. The van der Waals surface area contributed by atoms with Gasteiger partial charge in [-0.1, -0.05) is 17.3 Å². The largest absolute Gasteiger partial charge is 0.409 e. The van der Waals surface area contributed by atoms with Gasteiger partial charge in [-0.05, 0) is 24.5 Å². The van der Waals surface area contributed by atoms with Gasteiger partial charge in [-0.2, -0.15) is 0 Å². The third-order valence-electron chi connectivity index (χ3n) is 3.43. The van der Waals surface area contributed by atoms with Crippen LogP contribution in [0.1, 0.15) is 22.3 Å². The molecule has 114 valence electrons. The maximum atomic E-state index is 11.9. The molecule has 0 radical (unpaired) electrons. The molecule has 1 aromatic rings. The first kappa shape index (κ1) is 15.3. The molecule has 1 unspecified atom stereocenters. The van der Waals surface area contributed by atoms with Crippen molar-refractivity contribution in [3.63, 3.8) is 0 Å². The number of amides is 1. The standard InChI is InChI=1S/C13H17N3O4S/c14-12(16-18)10-1-3-11(4-2-10)13(17)15-7-9-5-6-21(19,20)8-9/h1-4,9,18H,5-8H2,(H2,14,16)(H,15,17). The second-order valence-corrected chi connectivity index (χ2v) is 7.27. The van der Waals surface area contributed by atoms with Crippen molar-refractivity contribution in [2.75, 3.05) is 18.1 Å².